The van der Waals surface area contributed by atoms with Crippen LogP contribution in [0.3, 0.4) is 0 Å². The Morgan fingerprint density at radius 1 is 1.27 bits per heavy atom. The summed E-state index contributed by atoms with van der Waals surface area (Å²) >= 11 is 3.42. The zero-order chi connectivity index (χ0) is 18.5. The molecule has 0 N–H and O–H groups in total. The summed E-state index contributed by atoms with van der Waals surface area (Å²) < 4.78 is 7.58. The lowest BCUT2D eigenvalue weighted by molar-refractivity contribution is 0.414. The Balaban J connectivity index is 2.14. The van der Waals surface area contributed by atoms with Crippen molar-refractivity contribution in [3.8, 4) is 5.75 Å². The smallest absolute Gasteiger partial charge is 0.282 e. The van der Waals surface area contributed by atoms with E-state index in [-0.39, 0.29) is 5.56 Å². The Kier molecular flexibility index (Phi) is 5.83. The molecule has 0 aliphatic carbocycles. The van der Waals surface area contributed by atoms with E-state index in [9.17, 15) is 4.79 Å². The summed E-state index contributed by atoms with van der Waals surface area (Å²) in [6, 6.07) is 13.1. The average Bonchev–Trinajstić information content (AvgIpc) is 2.66. The van der Waals surface area contributed by atoms with Gasteiger partial charge in [0, 0.05) is 16.5 Å². The Labute approximate surface area is 160 Å². The zero-order valence-electron chi connectivity index (χ0n) is 14.8. The van der Waals surface area contributed by atoms with Gasteiger partial charge in [-0.15, -0.1) is 0 Å². The maximum Gasteiger partial charge on any atom is 0.282 e. The molecule has 5 nitrogen and oxygen atoms in total. The highest BCUT2D eigenvalue weighted by Crippen LogP contribution is 2.18. The predicted octanol–water partition coefficient (Wildman–Crippen LogP) is 4.39. The van der Waals surface area contributed by atoms with Crippen molar-refractivity contribution in [3.63, 3.8) is 0 Å². The molecule has 0 saturated carbocycles. The molecule has 0 aliphatic heterocycles. The van der Waals surface area contributed by atoms with Crippen LogP contribution in [0.1, 0.15) is 31.2 Å². The summed E-state index contributed by atoms with van der Waals surface area (Å²) in [5.74, 6) is 1.37. The highest BCUT2D eigenvalue weighted by molar-refractivity contribution is 9.10. The van der Waals surface area contributed by atoms with Crippen molar-refractivity contribution < 1.29 is 4.74 Å². The molecule has 0 unspecified atom stereocenters. The van der Waals surface area contributed by atoms with Crippen LogP contribution in [0.15, 0.2) is 56.8 Å². The van der Waals surface area contributed by atoms with Crippen LogP contribution < -0.4 is 10.3 Å². The van der Waals surface area contributed by atoms with E-state index in [0.29, 0.717) is 28.9 Å². The van der Waals surface area contributed by atoms with Gasteiger partial charge >= 0.3 is 0 Å². The second-order valence-corrected chi connectivity index (χ2v) is 6.81. The van der Waals surface area contributed by atoms with Crippen LogP contribution >= 0.6 is 15.9 Å². The molecule has 0 saturated heterocycles. The van der Waals surface area contributed by atoms with Crippen molar-refractivity contribution in [1.29, 1.82) is 0 Å². The molecule has 0 aliphatic rings. The number of unbranched alkanes of at least 4 members (excludes halogenated alkanes) is 1. The SMILES string of the molecule is CCCCc1nc2ccc(Br)cc2c(=O)n1N=Cc1ccccc1OC. The quantitative estimate of drug-likeness (QED) is 0.562. The first-order valence-corrected chi connectivity index (χ1v) is 9.32. The monoisotopic (exact) mass is 413 g/mol. The molecule has 1 aromatic heterocycles. The highest BCUT2D eigenvalue weighted by atomic mass is 79.9. The third kappa shape index (κ3) is 3.85. The number of para-hydroxylation sites is 1. The molecule has 0 spiro atoms. The molecular formula is C20H20BrN3O2. The molecule has 2 aromatic carbocycles. The Morgan fingerprint density at radius 2 is 2.08 bits per heavy atom. The van der Waals surface area contributed by atoms with E-state index in [1.807, 2.05) is 36.4 Å². The molecule has 3 aromatic rings. The number of aryl methyl sites for hydroxylation is 1. The number of halogens is 1. The first-order chi connectivity index (χ1) is 12.6. The Hall–Kier alpha value is -2.47. The lowest BCUT2D eigenvalue weighted by atomic mass is 10.2. The molecule has 3 rings (SSSR count). The number of hydrogen-bond donors (Lipinski definition) is 0. The number of benzene rings is 2. The molecule has 0 amide bonds. The van der Waals surface area contributed by atoms with Gasteiger partial charge in [-0.1, -0.05) is 41.4 Å². The predicted molar refractivity (Wildman–Crippen MR) is 108 cm³/mol. The van der Waals surface area contributed by atoms with Gasteiger partial charge in [0.05, 0.1) is 24.2 Å². The molecule has 0 radical (unpaired) electrons. The van der Waals surface area contributed by atoms with Gasteiger partial charge in [-0.2, -0.15) is 9.78 Å². The number of fused-ring (bicyclic) bond motifs is 1. The van der Waals surface area contributed by atoms with Gasteiger partial charge in [-0.25, -0.2) is 4.98 Å². The van der Waals surface area contributed by atoms with Crippen molar-refractivity contribution in [3.05, 3.63) is 68.7 Å². The average molecular weight is 414 g/mol. The van der Waals surface area contributed by atoms with Gasteiger partial charge in [0.15, 0.2) is 0 Å². The molecule has 0 bridgehead atoms. The fourth-order valence-electron chi connectivity index (χ4n) is 2.70. The third-order valence-corrected chi connectivity index (χ3v) is 4.57. The summed E-state index contributed by atoms with van der Waals surface area (Å²) in [4.78, 5) is 17.7. The fourth-order valence-corrected chi connectivity index (χ4v) is 3.06. The third-order valence-electron chi connectivity index (χ3n) is 4.08. The maximum atomic E-state index is 13.0. The molecule has 1 heterocycles. The van der Waals surface area contributed by atoms with E-state index in [1.54, 1.807) is 19.4 Å². The van der Waals surface area contributed by atoms with Crippen LogP contribution in [0.2, 0.25) is 0 Å². The number of rotatable bonds is 6. The zero-order valence-corrected chi connectivity index (χ0v) is 16.4. The number of aromatic nitrogens is 2. The number of hydrogen-bond acceptors (Lipinski definition) is 4. The van der Waals surface area contributed by atoms with Crippen LogP contribution in [0.5, 0.6) is 5.75 Å². The van der Waals surface area contributed by atoms with E-state index in [4.69, 9.17) is 4.74 Å². The van der Waals surface area contributed by atoms with Crippen molar-refractivity contribution >= 4 is 33.0 Å². The van der Waals surface area contributed by atoms with Gasteiger partial charge in [-0.3, -0.25) is 4.79 Å². The first kappa shape index (κ1) is 18.3. The fraction of sp³-hybridized carbons (Fsp3) is 0.250. The first-order valence-electron chi connectivity index (χ1n) is 8.52. The molecule has 134 valence electrons. The topological polar surface area (TPSA) is 56.5 Å². The van der Waals surface area contributed by atoms with Crippen LogP contribution in [-0.2, 0) is 6.42 Å². The molecule has 0 fully saturated rings. The number of methoxy groups -OCH3 is 1. The summed E-state index contributed by atoms with van der Waals surface area (Å²) in [5.41, 5.74) is 1.32. The Bertz CT molecular complexity index is 1010. The molecule has 26 heavy (non-hydrogen) atoms. The van der Waals surface area contributed by atoms with Gasteiger partial charge in [-0.05, 0) is 36.8 Å². The summed E-state index contributed by atoms with van der Waals surface area (Å²) in [6.07, 6.45) is 4.30. The second-order valence-electron chi connectivity index (χ2n) is 5.90. The number of nitrogens with zero attached hydrogens (tertiary/aromatic N) is 3. The van der Waals surface area contributed by atoms with E-state index in [2.05, 4.69) is 32.9 Å². The largest absolute Gasteiger partial charge is 0.496 e. The minimum Gasteiger partial charge on any atom is -0.496 e. The van der Waals surface area contributed by atoms with E-state index in [0.717, 1.165) is 22.9 Å². The van der Waals surface area contributed by atoms with Gasteiger partial charge < -0.3 is 4.74 Å². The van der Waals surface area contributed by atoms with Crippen LogP contribution in [0.4, 0.5) is 0 Å². The summed E-state index contributed by atoms with van der Waals surface area (Å²) in [6.45, 7) is 2.11. The molecule has 0 atom stereocenters. The van der Waals surface area contributed by atoms with Crippen LogP contribution in [-0.4, -0.2) is 23.0 Å². The minimum absolute atomic E-state index is 0.173. The summed E-state index contributed by atoms with van der Waals surface area (Å²) in [5, 5.41) is 4.98. The van der Waals surface area contributed by atoms with E-state index < -0.39 is 0 Å². The lowest BCUT2D eigenvalue weighted by Gasteiger charge is -2.09. The van der Waals surface area contributed by atoms with Crippen molar-refractivity contribution in [2.24, 2.45) is 5.10 Å². The normalized spacial score (nSPS) is 11.3. The van der Waals surface area contributed by atoms with E-state index >= 15 is 0 Å². The van der Waals surface area contributed by atoms with Crippen molar-refractivity contribution in [2.75, 3.05) is 7.11 Å². The standard InChI is InChI=1S/C20H20BrN3O2/c1-3-4-9-19-23-17-11-10-15(21)12-16(17)20(25)24(19)22-13-14-7-5-6-8-18(14)26-2/h5-8,10-13H,3-4,9H2,1-2H3. The van der Waals surface area contributed by atoms with Gasteiger partial charge in [0.2, 0.25) is 0 Å². The lowest BCUT2D eigenvalue weighted by Crippen LogP contribution is -2.22. The van der Waals surface area contributed by atoms with Gasteiger partial charge in [0.1, 0.15) is 11.6 Å². The van der Waals surface area contributed by atoms with E-state index in [1.165, 1.54) is 4.68 Å². The second kappa shape index (κ2) is 8.27. The van der Waals surface area contributed by atoms with Crippen molar-refractivity contribution in [1.82, 2.24) is 9.66 Å². The summed E-state index contributed by atoms with van der Waals surface area (Å²) in [7, 11) is 1.61. The van der Waals surface area contributed by atoms with Crippen LogP contribution in [0.25, 0.3) is 10.9 Å². The molecular weight excluding hydrogens is 394 g/mol. The minimum atomic E-state index is -0.173. The number of ether oxygens (including phenoxy) is 1. The highest BCUT2D eigenvalue weighted by Gasteiger charge is 2.11. The van der Waals surface area contributed by atoms with Gasteiger partial charge in [0.25, 0.3) is 5.56 Å². The maximum absolute atomic E-state index is 13.0. The van der Waals surface area contributed by atoms with Crippen molar-refractivity contribution in [2.45, 2.75) is 26.2 Å². The van der Waals surface area contributed by atoms with Crippen LogP contribution in [0, 0.1) is 0 Å². The Morgan fingerprint density at radius 3 is 2.85 bits per heavy atom. The molecule has 6 heteroatoms.